The minimum Gasteiger partial charge on any atom is -0.493 e. The molecule has 26 heavy (non-hydrogen) atoms. The van der Waals surface area contributed by atoms with E-state index in [1.54, 1.807) is 0 Å². The molecule has 2 aromatic carbocycles. The van der Waals surface area contributed by atoms with Gasteiger partial charge in [0.2, 0.25) is 0 Å². The molecule has 0 spiro atoms. The highest BCUT2D eigenvalue weighted by Crippen LogP contribution is 2.32. The first-order chi connectivity index (χ1) is 12.8. The summed E-state index contributed by atoms with van der Waals surface area (Å²) in [5.74, 6) is 1.92. The number of ether oxygens (including phenoxy) is 1. The van der Waals surface area contributed by atoms with Crippen LogP contribution in [-0.4, -0.2) is 21.8 Å². The SMILES string of the molecule is CCOc1ccccc1-c1nnc(SCc2cccc3cccnc23)o1. The van der Waals surface area contributed by atoms with Crippen LogP contribution in [-0.2, 0) is 5.75 Å². The summed E-state index contributed by atoms with van der Waals surface area (Å²) in [5, 5.41) is 9.98. The Balaban J connectivity index is 1.54. The molecule has 0 unspecified atom stereocenters. The topological polar surface area (TPSA) is 61.0 Å². The molecular weight excluding hydrogens is 346 g/mol. The van der Waals surface area contributed by atoms with Gasteiger partial charge in [0.1, 0.15) is 5.75 Å². The lowest BCUT2D eigenvalue weighted by Gasteiger charge is -2.06. The second-order valence-electron chi connectivity index (χ2n) is 5.58. The summed E-state index contributed by atoms with van der Waals surface area (Å²) in [6.07, 6.45) is 1.81. The van der Waals surface area contributed by atoms with Gasteiger partial charge in [-0.05, 0) is 30.7 Å². The first kappa shape index (κ1) is 16.6. The van der Waals surface area contributed by atoms with Crippen molar-refractivity contribution in [3.05, 3.63) is 66.4 Å². The predicted molar refractivity (Wildman–Crippen MR) is 102 cm³/mol. The Kier molecular flexibility index (Phi) is 4.84. The van der Waals surface area contributed by atoms with Crippen LogP contribution in [0.2, 0.25) is 0 Å². The molecule has 0 bridgehead atoms. The monoisotopic (exact) mass is 363 g/mol. The smallest absolute Gasteiger partial charge is 0.277 e. The summed E-state index contributed by atoms with van der Waals surface area (Å²) in [6, 6.07) is 17.8. The molecular formula is C20H17N3O2S. The van der Waals surface area contributed by atoms with Gasteiger partial charge in [0.25, 0.3) is 11.1 Å². The van der Waals surface area contributed by atoms with Crippen molar-refractivity contribution in [1.29, 1.82) is 0 Å². The van der Waals surface area contributed by atoms with E-state index in [0.29, 0.717) is 23.5 Å². The molecule has 0 aliphatic rings. The van der Waals surface area contributed by atoms with Crippen LogP contribution in [0.3, 0.4) is 0 Å². The van der Waals surface area contributed by atoms with Crippen LogP contribution < -0.4 is 4.74 Å². The molecule has 0 fully saturated rings. The molecule has 0 amide bonds. The quantitative estimate of drug-likeness (QED) is 0.451. The van der Waals surface area contributed by atoms with E-state index < -0.39 is 0 Å². The highest BCUT2D eigenvalue weighted by molar-refractivity contribution is 7.98. The van der Waals surface area contributed by atoms with Gasteiger partial charge in [0, 0.05) is 17.3 Å². The number of aromatic nitrogens is 3. The van der Waals surface area contributed by atoms with Gasteiger partial charge in [-0.1, -0.05) is 48.2 Å². The summed E-state index contributed by atoms with van der Waals surface area (Å²) in [7, 11) is 0. The van der Waals surface area contributed by atoms with E-state index >= 15 is 0 Å². The van der Waals surface area contributed by atoms with Gasteiger partial charge in [-0.2, -0.15) is 0 Å². The number of rotatable bonds is 6. The molecule has 5 nitrogen and oxygen atoms in total. The maximum Gasteiger partial charge on any atom is 0.277 e. The number of para-hydroxylation sites is 2. The molecule has 2 aromatic heterocycles. The van der Waals surface area contributed by atoms with E-state index in [-0.39, 0.29) is 0 Å². The van der Waals surface area contributed by atoms with Crippen molar-refractivity contribution in [1.82, 2.24) is 15.2 Å². The van der Waals surface area contributed by atoms with Crippen LogP contribution in [0.1, 0.15) is 12.5 Å². The van der Waals surface area contributed by atoms with Crippen molar-refractivity contribution in [2.45, 2.75) is 17.9 Å². The lowest BCUT2D eigenvalue weighted by atomic mass is 10.1. The number of thioether (sulfide) groups is 1. The molecule has 6 heteroatoms. The van der Waals surface area contributed by atoms with Crippen LogP contribution in [0.25, 0.3) is 22.4 Å². The average Bonchev–Trinajstić information content (AvgIpc) is 3.16. The Morgan fingerprint density at radius 2 is 1.88 bits per heavy atom. The summed E-state index contributed by atoms with van der Waals surface area (Å²) >= 11 is 1.50. The fourth-order valence-electron chi connectivity index (χ4n) is 2.72. The van der Waals surface area contributed by atoms with Gasteiger partial charge < -0.3 is 9.15 Å². The number of pyridine rings is 1. The van der Waals surface area contributed by atoms with Gasteiger partial charge in [0.05, 0.1) is 17.7 Å². The fourth-order valence-corrected chi connectivity index (χ4v) is 3.47. The normalized spacial score (nSPS) is 11.0. The zero-order chi connectivity index (χ0) is 17.8. The Morgan fingerprint density at radius 3 is 2.81 bits per heavy atom. The van der Waals surface area contributed by atoms with Gasteiger partial charge in [0.15, 0.2) is 0 Å². The van der Waals surface area contributed by atoms with Gasteiger partial charge in [-0.25, -0.2) is 0 Å². The minimum absolute atomic E-state index is 0.465. The van der Waals surface area contributed by atoms with Crippen molar-refractivity contribution >= 4 is 22.7 Å². The Hall–Kier alpha value is -2.86. The molecule has 4 aromatic rings. The first-order valence-electron chi connectivity index (χ1n) is 8.36. The standard InChI is InChI=1S/C20H17N3O2S/c1-2-24-17-11-4-3-10-16(17)19-22-23-20(25-19)26-13-15-8-5-7-14-9-6-12-21-18(14)15/h3-12H,2,13H2,1H3. The van der Waals surface area contributed by atoms with E-state index in [1.165, 1.54) is 11.8 Å². The van der Waals surface area contributed by atoms with E-state index in [9.17, 15) is 0 Å². The maximum absolute atomic E-state index is 5.83. The third-order valence-electron chi connectivity index (χ3n) is 3.89. The van der Waals surface area contributed by atoms with E-state index in [4.69, 9.17) is 9.15 Å². The molecule has 4 rings (SSSR count). The maximum atomic E-state index is 5.83. The number of hydrogen-bond acceptors (Lipinski definition) is 6. The highest BCUT2D eigenvalue weighted by atomic mass is 32.2. The van der Waals surface area contributed by atoms with Crippen molar-refractivity contribution in [2.24, 2.45) is 0 Å². The summed E-state index contributed by atoms with van der Waals surface area (Å²) in [5.41, 5.74) is 2.95. The predicted octanol–water partition coefficient (Wildman–Crippen LogP) is 4.98. The first-order valence-corrected chi connectivity index (χ1v) is 9.35. The number of hydrogen-bond donors (Lipinski definition) is 0. The Labute approximate surface area is 155 Å². The molecule has 130 valence electrons. The molecule has 0 aliphatic carbocycles. The van der Waals surface area contributed by atoms with Crippen LogP contribution in [0.4, 0.5) is 0 Å². The lowest BCUT2D eigenvalue weighted by Crippen LogP contribution is -1.93. The van der Waals surface area contributed by atoms with Crippen LogP contribution in [0, 0.1) is 0 Å². The molecule has 0 aliphatic heterocycles. The van der Waals surface area contributed by atoms with Crippen molar-refractivity contribution in [3.63, 3.8) is 0 Å². The molecule has 0 saturated heterocycles. The van der Waals surface area contributed by atoms with Crippen LogP contribution in [0.15, 0.2) is 70.4 Å². The minimum atomic E-state index is 0.465. The van der Waals surface area contributed by atoms with Gasteiger partial charge >= 0.3 is 0 Å². The molecule has 0 radical (unpaired) electrons. The third-order valence-corrected chi connectivity index (χ3v) is 4.76. The van der Waals surface area contributed by atoms with E-state index in [1.807, 2.05) is 49.5 Å². The average molecular weight is 363 g/mol. The number of nitrogens with zero attached hydrogens (tertiary/aromatic N) is 3. The lowest BCUT2D eigenvalue weighted by molar-refractivity contribution is 0.340. The van der Waals surface area contributed by atoms with Crippen molar-refractivity contribution < 1.29 is 9.15 Å². The fraction of sp³-hybridized carbons (Fsp3) is 0.150. The zero-order valence-corrected chi connectivity index (χ0v) is 15.1. The molecule has 0 N–H and O–H groups in total. The zero-order valence-electron chi connectivity index (χ0n) is 14.3. The van der Waals surface area contributed by atoms with E-state index in [2.05, 4.69) is 33.4 Å². The summed E-state index contributed by atoms with van der Waals surface area (Å²) in [4.78, 5) is 4.48. The Bertz CT molecular complexity index is 1030. The largest absolute Gasteiger partial charge is 0.493 e. The van der Waals surface area contributed by atoms with E-state index in [0.717, 1.165) is 27.8 Å². The second-order valence-corrected chi connectivity index (χ2v) is 6.51. The van der Waals surface area contributed by atoms with Gasteiger partial charge in [-0.15, -0.1) is 10.2 Å². The number of fused-ring (bicyclic) bond motifs is 1. The molecule has 0 atom stereocenters. The highest BCUT2D eigenvalue weighted by Gasteiger charge is 2.14. The molecule has 0 saturated carbocycles. The second kappa shape index (κ2) is 7.58. The van der Waals surface area contributed by atoms with Crippen LogP contribution >= 0.6 is 11.8 Å². The van der Waals surface area contributed by atoms with Crippen molar-refractivity contribution in [2.75, 3.05) is 6.61 Å². The molecule has 2 heterocycles. The Morgan fingerprint density at radius 1 is 1.00 bits per heavy atom. The summed E-state index contributed by atoms with van der Waals surface area (Å²) < 4.78 is 11.5. The van der Waals surface area contributed by atoms with Crippen molar-refractivity contribution in [3.8, 4) is 17.2 Å². The number of benzene rings is 2. The van der Waals surface area contributed by atoms with Gasteiger partial charge in [-0.3, -0.25) is 4.98 Å². The third kappa shape index (κ3) is 3.41. The summed E-state index contributed by atoms with van der Waals surface area (Å²) in [6.45, 7) is 2.53. The van der Waals surface area contributed by atoms with Crippen LogP contribution in [0.5, 0.6) is 5.75 Å².